The maximum absolute atomic E-state index is 10.9. The standard InChI is InChI=1S/C8H13N3O/c9-7(12)6-1-2-8(5-6)3-4-10-11-8/h4,6,11H,1-3,5H2,(H2,9,12). The van der Waals surface area contributed by atoms with Gasteiger partial charge >= 0.3 is 0 Å². The van der Waals surface area contributed by atoms with Crippen molar-refractivity contribution in [1.82, 2.24) is 5.43 Å². The summed E-state index contributed by atoms with van der Waals surface area (Å²) >= 11 is 0. The first-order valence-corrected chi connectivity index (χ1v) is 4.30. The number of amides is 1. The molecule has 1 aliphatic carbocycles. The van der Waals surface area contributed by atoms with Gasteiger partial charge in [0.2, 0.25) is 5.91 Å². The zero-order valence-electron chi connectivity index (χ0n) is 6.92. The molecule has 12 heavy (non-hydrogen) atoms. The van der Waals surface area contributed by atoms with Crippen molar-refractivity contribution in [3.05, 3.63) is 0 Å². The molecule has 4 heteroatoms. The SMILES string of the molecule is NC(=O)C1CCC2(CC=NN2)C1. The highest BCUT2D eigenvalue weighted by Crippen LogP contribution is 2.37. The highest BCUT2D eigenvalue weighted by atomic mass is 16.1. The molecule has 0 aromatic rings. The number of hydrazone groups is 1. The number of nitrogens with two attached hydrogens (primary N) is 1. The smallest absolute Gasteiger partial charge is 0.220 e. The highest BCUT2D eigenvalue weighted by molar-refractivity contribution is 5.77. The van der Waals surface area contributed by atoms with Gasteiger partial charge in [0, 0.05) is 18.6 Å². The molecule has 1 saturated carbocycles. The van der Waals surface area contributed by atoms with Gasteiger partial charge in [0.15, 0.2) is 0 Å². The maximum Gasteiger partial charge on any atom is 0.220 e. The van der Waals surface area contributed by atoms with Crippen molar-refractivity contribution in [2.24, 2.45) is 16.8 Å². The first-order valence-electron chi connectivity index (χ1n) is 4.30. The molecule has 0 saturated heterocycles. The monoisotopic (exact) mass is 167 g/mol. The summed E-state index contributed by atoms with van der Waals surface area (Å²) in [5.74, 6) is -0.111. The third-order valence-corrected chi connectivity index (χ3v) is 2.89. The first-order chi connectivity index (χ1) is 5.72. The number of carbonyl (C=O) groups is 1. The van der Waals surface area contributed by atoms with Gasteiger partial charge in [-0.05, 0) is 19.3 Å². The Labute approximate surface area is 71.2 Å². The molecule has 0 bridgehead atoms. The van der Waals surface area contributed by atoms with Crippen LogP contribution in [0.5, 0.6) is 0 Å². The van der Waals surface area contributed by atoms with E-state index in [1.165, 1.54) is 0 Å². The van der Waals surface area contributed by atoms with Crippen LogP contribution in [0.2, 0.25) is 0 Å². The Hall–Kier alpha value is -1.06. The van der Waals surface area contributed by atoms with Gasteiger partial charge in [-0.25, -0.2) is 0 Å². The Balaban J connectivity index is 2.02. The quantitative estimate of drug-likeness (QED) is 0.576. The van der Waals surface area contributed by atoms with Gasteiger partial charge in [0.1, 0.15) is 0 Å². The molecule has 3 N–H and O–H groups in total. The fraction of sp³-hybridized carbons (Fsp3) is 0.750. The van der Waals surface area contributed by atoms with Crippen LogP contribution in [-0.4, -0.2) is 17.7 Å². The van der Waals surface area contributed by atoms with E-state index in [1.807, 2.05) is 6.21 Å². The maximum atomic E-state index is 10.9. The fourth-order valence-corrected chi connectivity index (χ4v) is 2.10. The lowest BCUT2D eigenvalue weighted by molar-refractivity contribution is -0.121. The van der Waals surface area contributed by atoms with Gasteiger partial charge in [-0.15, -0.1) is 0 Å². The van der Waals surface area contributed by atoms with Crippen LogP contribution in [-0.2, 0) is 4.79 Å². The van der Waals surface area contributed by atoms with Crippen molar-refractivity contribution >= 4 is 12.1 Å². The van der Waals surface area contributed by atoms with E-state index in [2.05, 4.69) is 10.5 Å². The van der Waals surface area contributed by atoms with Crippen molar-refractivity contribution in [3.63, 3.8) is 0 Å². The number of hydrogen-bond donors (Lipinski definition) is 2. The van der Waals surface area contributed by atoms with Crippen LogP contribution in [0.15, 0.2) is 5.10 Å². The molecule has 1 fully saturated rings. The van der Waals surface area contributed by atoms with Crippen molar-refractivity contribution < 1.29 is 4.79 Å². The van der Waals surface area contributed by atoms with Crippen molar-refractivity contribution in [2.45, 2.75) is 31.2 Å². The minimum atomic E-state index is -0.166. The molecular formula is C8H13N3O. The average molecular weight is 167 g/mol. The number of nitrogens with one attached hydrogen (secondary N) is 1. The van der Waals surface area contributed by atoms with Gasteiger partial charge in [-0.1, -0.05) is 0 Å². The highest BCUT2D eigenvalue weighted by Gasteiger charge is 2.42. The summed E-state index contributed by atoms with van der Waals surface area (Å²) in [6.07, 6.45) is 5.59. The second-order valence-corrected chi connectivity index (χ2v) is 3.75. The number of primary amides is 1. The van der Waals surface area contributed by atoms with Gasteiger partial charge in [-0.3, -0.25) is 4.79 Å². The summed E-state index contributed by atoms with van der Waals surface area (Å²) in [6, 6.07) is 0. The van der Waals surface area contributed by atoms with E-state index < -0.39 is 0 Å². The molecule has 0 aromatic heterocycles. The fourth-order valence-electron chi connectivity index (χ4n) is 2.10. The molecule has 1 amide bonds. The van der Waals surface area contributed by atoms with Crippen LogP contribution in [0, 0.1) is 5.92 Å². The Morgan fingerprint density at radius 1 is 1.75 bits per heavy atom. The largest absolute Gasteiger partial charge is 0.369 e. The molecule has 0 radical (unpaired) electrons. The van der Waals surface area contributed by atoms with E-state index >= 15 is 0 Å². The summed E-state index contributed by atoms with van der Waals surface area (Å²) in [4.78, 5) is 10.9. The van der Waals surface area contributed by atoms with E-state index in [9.17, 15) is 4.79 Å². The molecular weight excluding hydrogens is 154 g/mol. The van der Waals surface area contributed by atoms with Gasteiger partial charge in [0.25, 0.3) is 0 Å². The molecule has 1 spiro atoms. The van der Waals surface area contributed by atoms with Crippen LogP contribution in [0.1, 0.15) is 25.7 Å². The molecule has 1 aliphatic heterocycles. The molecule has 0 aromatic carbocycles. The van der Waals surface area contributed by atoms with Crippen LogP contribution >= 0.6 is 0 Å². The summed E-state index contributed by atoms with van der Waals surface area (Å²) < 4.78 is 0. The molecule has 2 aliphatic rings. The second kappa shape index (κ2) is 2.47. The predicted octanol–water partition coefficient (Wildman–Crippen LogP) is -0.0103. The first kappa shape index (κ1) is 7.58. The molecule has 66 valence electrons. The number of hydrogen-bond acceptors (Lipinski definition) is 3. The van der Waals surface area contributed by atoms with Gasteiger partial charge in [-0.2, -0.15) is 5.10 Å². The lowest BCUT2D eigenvalue weighted by Crippen LogP contribution is -2.36. The predicted molar refractivity (Wildman–Crippen MR) is 45.5 cm³/mol. The normalized spacial score (nSPS) is 38.8. The van der Waals surface area contributed by atoms with E-state index in [1.54, 1.807) is 0 Å². The minimum Gasteiger partial charge on any atom is -0.369 e. The topological polar surface area (TPSA) is 67.5 Å². The third-order valence-electron chi connectivity index (χ3n) is 2.89. The Morgan fingerprint density at radius 3 is 3.08 bits per heavy atom. The van der Waals surface area contributed by atoms with Crippen LogP contribution in [0.25, 0.3) is 0 Å². The Morgan fingerprint density at radius 2 is 2.58 bits per heavy atom. The average Bonchev–Trinajstić information content (AvgIpc) is 2.62. The summed E-state index contributed by atoms with van der Waals surface area (Å²) in [7, 11) is 0. The molecule has 2 unspecified atom stereocenters. The summed E-state index contributed by atoms with van der Waals surface area (Å²) in [5.41, 5.74) is 8.39. The molecule has 2 rings (SSSR count). The molecule has 1 heterocycles. The summed E-state index contributed by atoms with van der Waals surface area (Å²) in [6.45, 7) is 0. The van der Waals surface area contributed by atoms with Crippen molar-refractivity contribution in [3.8, 4) is 0 Å². The Bertz CT molecular complexity index is 228. The Kier molecular flexibility index (Phi) is 1.56. The number of rotatable bonds is 1. The van der Waals surface area contributed by atoms with Crippen molar-refractivity contribution in [2.75, 3.05) is 0 Å². The zero-order chi connectivity index (χ0) is 8.60. The van der Waals surface area contributed by atoms with E-state index in [4.69, 9.17) is 5.73 Å². The number of carbonyl (C=O) groups excluding carboxylic acids is 1. The van der Waals surface area contributed by atoms with Crippen LogP contribution in [0.3, 0.4) is 0 Å². The van der Waals surface area contributed by atoms with Crippen LogP contribution in [0.4, 0.5) is 0 Å². The summed E-state index contributed by atoms with van der Waals surface area (Å²) in [5, 5.41) is 3.99. The number of nitrogens with zero attached hydrogens (tertiary/aromatic N) is 1. The third kappa shape index (κ3) is 1.07. The van der Waals surface area contributed by atoms with Gasteiger partial charge in [0.05, 0.1) is 5.54 Å². The lowest BCUT2D eigenvalue weighted by atomic mass is 9.94. The zero-order valence-corrected chi connectivity index (χ0v) is 6.92. The second-order valence-electron chi connectivity index (χ2n) is 3.75. The lowest BCUT2D eigenvalue weighted by Gasteiger charge is -2.21. The van der Waals surface area contributed by atoms with Crippen LogP contribution < -0.4 is 11.2 Å². The molecule has 4 nitrogen and oxygen atoms in total. The van der Waals surface area contributed by atoms with E-state index in [-0.39, 0.29) is 17.4 Å². The van der Waals surface area contributed by atoms with Gasteiger partial charge < -0.3 is 11.2 Å². The van der Waals surface area contributed by atoms with E-state index in [0.29, 0.717) is 0 Å². The van der Waals surface area contributed by atoms with E-state index in [0.717, 1.165) is 25.7 Å². The molecule has 2 atom stereocenters. The minimum absolute atomic E-state index is 0.0548. The van der Waals surface area contributed by atoms with Crippen molar-refractivity contribution in [1.29, 1.82) is 0 Å².